The molecule has 0 aliphatic carbocycles. The van der Waals surface area contributed by atoms with Crippen molar-refractivity contribution in [3.8, 4) is 5.75 Å². The van der Waals surface area contributed by atoms with E-state index in [2.05, 4.69) is 33.1 Å². The van der Waals surface area contributed by atoms with Gasteiger partial charge in [0.05, 0.1) is 5.92 Å². The Bertz CT molecular complexity index is 681. The highest BCUT2D eigenvalue weighted by atomic mass is 79.9. The molecule has 0 radical (unpaired) electrons. The van der Waals surface area contributed by atoms with E-state index in [9.17, 15) is 4.79 Å². The molecule has 0 aliphatic heterocycles. The van der Waals surface area contributed by atoms with Crippen LogP contribution in [0.3, 0.4) is 0 Å². The number of esters is 1. The summed E-state index contributed by atoms with van der Waals surface area (Å²) in [4.78, 5) is 16.1. The second kappa shape index (κ2) is 8.63. The van der Waals surface area contributed by atoms with Crippen molar-refractivity contribution in [2.24, 2.45) is 10.9 Å². The van der Waals surface area contributed by atoms with E-state index in [4.69, 9.17) is 4.74 Å². The van der Waals surface area contributed by atoms with Crippen LogP contribution in [0.15, 0.2) is 58.0 Å². The van der Waals surface area contributed by atoms with Gasteiger partial charge in [0, 0.05) is 17.2 Å². The molecule has 0 aliphatic rings. The maximum atomic E-state index is 11.7. The van der Waals surface area contributed by atoms with E-state index in [0.717, 1.165) is 23.0 Å². The molecule has 2 rings (SSSR count). The number of hydrogen-bond acceptors (Lipinski definition) is 3. The lowest BCUT2D eigenvalue weighted by atomic mass is 10.1. The largest absolute Gasteiger partial charge is 0.426 e. The first-order valence-electron chi connectivity index (χ1n) is 7.60. The zero-order chi connectivity index (χ0) is 16.7. The first kappa shape index (κ1) is 17.4. The van der Waals surface area contributed by atoms with Crippen LogP contribution in [0.4, 0.5) is 0 Å². The summed E-state index contributed by atoms with van der Waals surface area (Å²) in [6, 6.07) is 15.8. The van der Waals surface area contributed by atoms with Crippen LogP contribution in [-0.4, -0.2) is 18.7 Å². The third-order valence-corrected chi connectivity index (χ3v) is 3.65. The number of carbonyl (C=O) groups is 1. The smallest absolute Gasteiger partial charge is 0.313 e. The molecule has 3 nitrogen and oxygen atoms in total. The van der Waals surface area contributed by atoms with Gasteiger partial charge in [-0.25, -0.2) is 0 Å². The number of aliphatic imine (C=N–C) groups is 1. The Morgan fingerprint density at radius 2 is 1.96 bits per heavy atom. The van der Waals surface area contributed by atoms with Gasteiger partial charge in [0.2, 0.25) is 0 Å². The summed E-state index contributed by atoms with van der Waals surface area (Å²) >= 11 is 3.43. The van der Waals surface area contributed by atoms with Gasteiger partial charge in [0.15, 0.2) is 0 Å². The van der Waals surface area contributed by atoms with Gasteiger partial charge >= 0.3 is 5.97 Å². The van der Waals surface area contributed by atoms with E-state index in [1.54, 1.807) is 12.3 Å². The minimum Gasteiger partial charge on any atom is -0.426 e. The summed E-state index contributed by atoms with van der Waals surface area (Å²) in [5, 5.41) is 0. The lowest BCUT2D eigenvalue weighted by molar-refractivity contribution is -0.137. The molecule has 0 N–H and O–H groups in total. The molecular weight excluding hydrogens is 354 g/mol. The predicted molar refractivity (Wildman–Crippen MR) is 97.2 cm³/mol. The van der Waals surface area contributed by atoms with Gasteiger partial charge in [-0.1, -0.05) is 60.1 Å². The van der Waals surface area contributed by atoms with Crippen LogP contribution in [0.2, 0.25) is 0 Å². The van der Waals surface area contributed by atoms with Gasteiger partial charge in [0.25, 0.3) is 0 Å². The van der Waals surface area contributed by atoms with E-state index in [1.807, 2.05) is 44.2 Å². The van der Waals surface area contributed by atoms with Crippen LogP contribution in [0, 0.1) is 5.92 Å². The first-order valence-corrected chi connectivity index (χ1v) is 8.40. The second-order valence-electron chi connectivity index (χ2n) is 5.57. The van der Waals surface area contributed by atoms with Crippen LogP contribution in [0.1, 0.15) is 25.0 Å². The number of halogens is 1. The molecule has 0 atom stereocenters. The topological polar surface area (TPSA) is 38.7 Å². The fourth-order valence-electron chi connectivity index (χ4n) is 1.96. The highest BCUT2D eigenvalue weighted by Crippen LogP contribution is 2.21. The zero-order valence-electron chi connectivity index (χ0n) is 13.3. The highest BCUT2D eigenvalue weighted by molar-refractivity contribution is 9.10. The van der Waals surface area contributed by atoms with Crippen LogP contribution < -0.4 is 4.74 Å². The third kappa shape index (κ3) is 5.99. The minimum absolute atomic E-state index is 0.156. The van der Waals surface area contributed by atoms with Crippen LogP contribution in [0.5, 0.6) is 5.75 Å². The van der Waals surface area contributed by atoms with Gasteiger partial charge < -0.3 is 4.74 Å². The quantitative estimate of drug-likeness (QED) is 0.419. The molecule has 0 unspecified atom stereocenters. The van der Waals surface area contributed by atoms with Crippen LogP contribution >= 0.6 is 15.9 Å². The van der Waals surface area contributed by atoms with Crippen molar-refractivity contribution in [3.63, 3.8) is 0 Å². The molecule has 4 heteroatoms. The Labute approximate surface area is 145 Å². The van der Waals surface area contributed by atoms with E-state index in [0.29, 0.717) is 5.75 Å². The first-order chi connectivity index (χ1) is 11.0. The number of ether oxygens (including phenoxy) is 1. The fraction of sp³-hybridized carbons (Fsp3) is 0.263. The zero-order valence-corrected chi connectivity index (χ0v) is 14.9. The minimum atomic E-state index is -0.241. The Morgan fingerprint density at radius 3 is 2.65 bits per heavy atom. The van der Waals surface area contributed by atoms with Gasteiger partial charge in [-0.2, -0.15) is 0 Å². The normalized spacial score (nSPS) is 11.1. The maximum absolute atomic E-state index is 11.7. The van der Waals surface area contributed by atoms with Gasteiger partial charge in [-0.3, -0.25) is 9.79 Å². The number of carbonyl (C=O) groups excluding carboxylic acids is 1. The molecule has 0 aromatic heterocycles. The molecule has 0 bridgehead atoms. The summed E-state index contributed by atoms with van der Waals surface area (Å²) in [5.74, 6) is 0.134. The lowest BCUT2D eigenvalue weighted by Crippen LogP contribution is -2.14. The van der Waals surface area contributed by atoms with Crippen molar-refractivity contribution in [2.45, 2.75) is 20.3 Å². The van der Waals surface area contributed by atoms with Crippen molar-refractivity contribution < 1.29 is 9.53 Å². The molecule has 0 amide bonds. The number of rotatable bonds is 6. The predicted octanol–water partition coefficient (Wildman–Crippen LogP) is 4.67. The maximum Gasteiger partial charge on any atom is 0.313 e. The van der Waals surface area contributed by atoms with Gasteiger partial charge in [-0.15, -0.1) is 0 Å². The molecule has 23 heavy (non-hydrogen) atoms. The summed E-state index contributed by atoms with van der Waals surface area (Å²) < 4.78 is 6.20. The van der Waals surface area contributed by atoms with Gasteiger partial charge in [0.1, 0.15) is 5.75 Å². The molecule has 2 aromatic rings. The summed E-state index contributed by atoms with van der Waals surface area (Å²) in [6.45, 7) is 4.34. The Hall–Kier alpha value is -1.94. The average molecular weight is 374 g/mol. The highest BCUT2D eigenvalue weighted by Gasteiger charge is 2.10. The van der Waals surface area contributed by atoms with Crippen LogP contribution in [-0.2, 0) is 11.2 Å². The van der Waals surface area contributed by atoms with E-state index in [1.165, 1.54) is 5.56 Å². The molecule has 2 aromatic carbocycles. The van der Waals surface area contributed by atoms with Crippen molar-refractivity contribution in [1.82, 2.24) is 0 Å². The van der Waals surface area contributed by atoms with Crippen molar-refractivity contribution in [1.29, 1.82) is 0 Å². The number of hydrogen-bond donors (Lipinski definition) is 0. The van der Waals surface area contributed by atoms with Crippen molar-refractivity contribution >= 4 is 28.1 Å². The van der Waals surface area contributed by atoms with E-state index in [-0.39, 0.29) is 11.9 Å². The average Bonchev–Trinajstić information content (AvgIpc) is 2.52. The van der Waals surface area contributed by atoms with E-state index < -0.39 is 0 Å². The van der Waals surface area contributed by atoms with Crippen molar-refractivity contribution in [2.75, 3.05) is 6.54 Å². The molecule has 0 saturated carbocycles. The van der Waals surface area contributed by atoms with E-state index >= 15 is 0 Å². The summed E-state index contributed by atoms with van der Waals surface area (Å²) in [7, 11) is 0. The summed E-state index contributed by atoms with van der Waals surface area (Å²) in [5.41, 5.74) is 2.17. The molecule has 0 spiro atoms. The Morgan fingerprint density at radius 1 is 1.22 bits per heavy atom. The molecule has 120 valence electrons. The lowest BCUT2D eigenvalue weighted by Gasteiger charge is -2.08. The molecular formula is C19H20BrNO2. The molecule has 0 saturated heterocycles. The number of nitrogens with zero attached hydrogens (tertiary/aromatic N) is 1. The SMILES string of the molecule is CC(C)C(=O)Oc1cc(Br)cc(C=NCCc2ccccc2)c1. The summed E-state index contributed by atoms with van der Waals surface area (Å²) in [6.07, 6.45) is 2.71. The van der Waals surface area contributed by atoms with Crippen LogP contribution in [0.25, 0.3) is 0 Å². The molecule has 0 fully saturated rings. The fourth-order valence-corrected chi connectivity index (χ4v) is 2.45. The standard InChI is InChI=1S/C19H20BrNO2/c1-14(2)19(22)23-18-11-16(10-17(20)12-18)13-21-9-8-15-6-4-3-5-7-15/h3-7,10-14H,8-9H2,1-2H3. The number of benzene rings is 2. The second-order valence-corrected chi connectivity index (χ2v) is 6.48. The van der Waals surface area contributed by atoms with Gasteiger partial charge in [-0.05, 0) is 35.7 Å². The Balaban J connectivity index is 1.97. The third-order valence-electron chi connectivity index (χ3n) is 3.20. The molecule has 0 heterocycles. The Kier molecular flexibility index (Phi) is 6.53. The monoisotopic (exact) mass is 373 g/mol. The van der Waals surface area contributed by atoms with Crippen molar-refractivity contribution in [3.05, 3.63) is 64.1 Å².